The van der Waals surface area contributed by atoms with Crippen molar-refractivity contribution in [3.8, 4) is 11.6 Å². The molecule has 0 aliphatic rings. The summed E-state index contributed by atoms with van der Waals surface area (Å²) in [5.74, 6) is 1.07. The van der Waals surface area contributed by atoms with Crippen LogP contribution in [0, 0.1) is 0 Å². The van der Waals surface area contributed by atoms with E-state index in [1.165, 1.54) is 0 Å². The molecule has 1 heterocycles. The number of pyridine rings is 1. The molecule has 5 heteroatoms. The molecular formula is C13H12N2O2S. The van der Waals surface area contributed by atoms with Gasteiger partial charge >= 0.3 is 0 Å². The van der Waals surface area contributed by atoms with Crippen molar-refractivity contribution in [2.75, 3.05) is 0 Å². The van der Waals surface area contributed by atoms with Gasteiger partial charge in [0.2, 0.25) is 5.88 Å². The third-order valence-electron chi connectivity index (χ3n) is 2.30. The summed E-state index contributed by atoms with van der Waals surface area (Å²) >= 11 is 4.85. The summed E-state index contributed by atoms with van der Waals surface area (Å²) in [6.07, 6.45) is 0. The number of hydrogen-bond acceptors (Lipinski definition) is 4. The van der Waals surface area contributed by atoms with Crippen LogP contribution >= 0.6 is 12.2 Å². The molecule has 0 radical (unpaired) electrons. The lowest BCUT2D eigenvalue weighted by Crippen LogP contribution is -2.11. The molecule has 0 unspecified atom stereocenters. The molecule has 0 atom stereocenters. The van der Waals surface area contributed by atoms with Crippen LogP contribution in [0.1, 0.15) is 11.3 Å². The zero-order valence-electron chi connectivity index (χ0n) is 9.54. The maximum atomic E-state index is 8.93. The van der Waals surface area contributed by atoms with E-state index in [-0.39, 0.29) is 11.6 Å². The van der Waals surface area contributed by atoms with Gasteiger partial charge in [-0.1, -0.05) is 30.4 Å². The molecule has 0 spiro atoms. The molecule has 0 aliphatic carbocycles. The van der Waals surface area contributed by atoms with E-state index < -0.39 is 0 Å². The van der Waals surface area contributed by atoms with E-state index in [2.05, 4.69) is 4.98 Å². The SMILES string of the molecule is NC(=S)c1cccc(Oc2ccc(CO)cc2)n1. The van der Waals surface area contributed by atoms with Crippen molar-refractivity contribution in [1.29, 1.82) is 0 Å². The molecule has 0 fully saturated rings. The molecule has 0 aliphatic heterocycles. The number of benzene rings is 1. The van der Waals surface area contributed by atoms with Crippen molar-refractivity contribution in [1.82, 2.24) is 4.98 Å². The van der Waals surface area contributed by atoms with Gasteiger partial charge in [0.25, 0.3) is 0 Å². The van der Waals surface area contributed by atoms with E-state index in [0.717, 1.165) is 5.56 Å². The number of aliphatic hydroxyl groups excluding tert-OH is 1. The van der Waals surface area contributed by atoms with Gasteiger partial charge in [-0.25, -0.2) is 4.98 Å². The Balaban J connectivity index is 2.17. The number of aromatic nitrogens is 1. The van der Waals surface area contributed by atoms with E-state index in [1.807, 2.05) is 0 Å². The van der Waals surface area contributed by atoms with Crippen LogP contribution in [0.3, 0.4) is 0 Å². The summed E-state index contributed by atoms with van der Waals surface area (Å²) in [6.45, 7) is 0.00938. The second-order valence-electron chi connectivity index (χ2n) is 3.63. The standard InChI is InChI=1S/C13H12N2O2S/c14-13(18)11-2-1-3-12(15-11)17-10-6-4-9(8-16)5-7-10/h1-7,16H,8H2,(H2,14,18). The van der Waals surface area contributed by atoms with E-state index in [9.17, 15) is 0 Å². The van der Waals surface area contributed by atoms with Gasteiger partial charge in [-0.05, 0) is 23.8 Å². The lowest BCUT2D eigenvalue weighted by atomic mass is 10.2. The molecule has 2 rings (SSSR count). The molecule has 18 heavy (non-hydrogen) atoms. The van der Waals surface area contributed by atoms with Crippen molar-refractivity contribution in [2.45, 2.75) is 6.61 Å². The molecule has 4 nitrogen and oxygen atoms in total. The van der Waals surface area contributed by atoms with Crippen LogP contribution in [0.4, 0.5) is 0 Å². The summed E-state index contributed by atoms with van der Waals surface area (Å²) in [5, 5.41) is 8.93. The van der Waals surface area contributed by atoms with E-state index in [4.69, 9.17) is 27.8 Å². The molecule has 1 aromatic heterocycles. The average molecular weight is 260 g/mol. The molecule has 1 aromatic carbocycles. The molecular weight excluding hydrogens is 248 g/mol. The van der Waals surface area contributed by atoms with Gasteiger partial charge in [0.1, 0.15) is 16.4 Å². The largest absolute Gasteiger partial charge is 0.439 e. The van der Waals surface area contributed by atoms with Crippen LogP contribution < -0.4 is 10.5 Å². The fourth-order valence-corrected chi connectivity index (χ4v) is 1.51. The minimum atomic E-state index is 0.00938. The maximum Gasteiger partial charge on any atom is 0.219 e. The van der Waals surface area contributed by atoms with Crippen LogP contribution in [-0.4, -0.2) is 15.1 Å². The molecule has 0 bridgehead atoms. The third-order valence-corrected chi connectivity index (χ3v) is 2.51. The summed E-state index contributed by atoms with van der Waals surface area (Å²) in [4.78, 5) is 4.40. The summed E-state index contributed by atoms with van der Waals surface area (Å²) in [6, 6.07) is 12.3. The highest BCUT2D eigenvalue weighted by molar-refractivity contribution is 7.80. The number of hydrogen-bond donors (Lipinski definition) is 2. The topological polar surface area (TPSA) is 68.4 Å². The highest BCUT2D eigenvalue weighted by atomic mass is 32.1. The van der Waals surface area contributed by atoms with Crippen LogP contribution in [0.5, 0.6) is 11.6 Å². The minimum absolute atomic E-state index is 0.00938. The van der Waals surface area contributed by atoms with Crippen LogP contribution in [0.2, 0.25) is 0 Å². The summed E-state index contributed by atoms with van der Waals surface area (Å²) in [5.41, 5.74) is 6.85. The number of aliphatic hydroxyl groups is 1. The van der Waals surface area contributed by atoms with Gasteiger partial charge in [-0.15, -0.1) is 0 Å². The first-order valence-electron chi connectivity index (χ1n) is 5.33. The Hall–Kier alpha value is -1.98. The summed E-state index contributed by atoms with van der Waals surface area (Å²) < 4.78 is 5.56. The van der Waals surface area contributed by atoms with E-state index in [0.29, 0.717) is 17.3 Å². The van der Waals surface area contributed by atoms with Crippen molar-refractivity contribution >= 4 is 17.2 Å². The second kappa shape index (κ2) is 5.57. The van der Waals surface area contributed by atoms with Crippen molar-refractivity contribution in [3.63, 3.8) is 0 Å². The average Bonchev–Trinajstić information content (AvgIpc) is 2.40. The number of ether oxygens (including phenoxy) is 1. The van der Waals surface area contributed by atoms with Gasteiger partial charge in [0.05, 0.1) is 6.61 Å². The number of thiocarbonyl (C=S) groups is 1. The Labute approximate surface area is 110 Å². The Morgan fingerprint density at radius 3 is 2.56 bits per heavy atom. The van der Waals surface area contributed by atoms with Gasteiger partial charge < -0.3 is 15.6 Å². The highest BCUT2D eigenvalue weighted by Crippen LogP contribution is 2.20. The van der Waals surface area contributed by atoms with Gasteiger partial charge in [-0.2, -0.15) is 0 Å². The number of nitrogens with two attached hydrogens (primary N) is 1. The smallest absolute Gasteiger partial charge is 0.219 e. The predicted molar refractivity (Wildman–Crippen MR) is 72.6 cm³/mol. The summed E-state index contributed by atoms with van der Waals surface area (Å²) in [7, 11) is 0. The number of rotatable bonds is 4. The van der Waals surface area contributed by atoms with Crippen LogP contribution in [0.15, 0.2) is 42.5 Å². The minimum Gasteiger partial charge on any atom is -0.439 e. The molecule has 92 valence electrons. The molecule has 0 saturated heterocycles. The first-order chi connectivity index (χ1) is 8.69. The Bertz CT molecular complexity index is 555. The zero-order valence-corrected chi connectivity index (χ0v) is 10.4. The monoisotopic (exact) mass is 260 g/mol. The first kappa shape index (κ1) is 12.5. The van der Waals surface area contributed by atoms with Crippen molar-refractivity contribution < 1.29 is 9.84 Å². The van der Waals surface area contributed by atoms with Crippen molar-refractivity contribution in [2.24, 2.45) is 5.73 Å². The lowest BCUT2D eigenvalue weighted by Gasteiger charge is -2.06. The third kappa shape index (κ3) is 3.03. The highest BCUT2D eigenvalue weighted by Gasteiger charge is 2.02. The van der Waals surface area contributed by atoms with E-state index >= 15 is 0 Å². The van der Waals surface area contributed by atoms with Gasteiger partial charge in [0, 0.05) is 6.07 Å². The first-order valence-corrected chi connectivity index (χ1v) is 5.74. The van der Waals surface area contributed by atoms with Gasteiger partial charge in [0.15, 0.2) is 0 Å². The molecule has 2 aromatic rings. The molecule has 0 amide bonds. The zero-order chi connectivity index (χ0) is 13.0. The van der Waals surface area contributed by atoms with E-state index in [1.54, 1.807) is 42.5 Å². The Morgan fingerprint density at radius 2 is 1.94 bits per heavy atom. The Morgan fingerprint density at radius 1 is 1.22 bits per heavy atom. The fourth-order valence-electron chi connectivity index (χ4n) is 1.39. The van der Waals surface area contributed by atoms with Gasteiger partial charge in [-0.3, -0.25) is 0 Å². The normalized spacial score (nSPS) is 10.1. The fraction of sp³-hybridized carbons (Fsp3) is 0.0769. The number of nitrogens with zero attached hydrogens (tertiary/aromatic N) is 1. The maximum absolute atomic E-state index is 8.93. The van der Waals surface area contributed by atoms with Crippen LogP contribution in [-0.2, 0) is 6.61 Å². The second-order valence-corrected chi connectivity index (χ2v) is 4.07. The Kier molecular flexibility index (Phi) is 3.86. The van der Waals surface area contributed by atoms with Crippen LogP contribution in [0.25, 0.3) is 0 Å². The molecule has 0 saturated carbocycles. The molecule has 3 N–H and O–H groups in total. The lowest BCUT2D eigenvalue weighted by molar-refractivity contribution is 0.281. The quantitative estimate of drug-likeness (QED) is 0.823. The predicted octanol–water partition coefficient (Wildman–Crippen LogP) is 2.00. The van der Waals surface area contributed by atoms with Crippen molar-refractivity contribution in [3.05, 3.63) is 53.7 Å².